The molecule has 1 aliphatic rings. The number of hydrogen-bond donors (Lipinski definition) is 2. The fourth-order valence-corrected chi connectivity index (χ4v) is 3.15. The highest BCUT2D eigenvalue weighted by atomic mass is 32.2. The third-order valence-corrected chi connectivity index (χ3v) is 4.70. The van der Waals surface area contributed by atoms with Gasteiger partial charge in [-0.1, -0.05) is 19.9 Å². The van der Waals surface area contributed by atoms with E-state index in [1.165, 1.54) is 0 Å². The molecular formula is C16H23NO4S. The number of aliphatic hydroxyl groups excluding tert-OH is 1. The lowest BCUT2D eigenvalue weighted by Gasteiger charge is -2.27. The van der Waals surface area contributed by atoms with Gasteiger partial charge in [0.05, 0.1) is 17.6 Å². The number of benzene rings is 1. The highest BCUT2D eigenvalue weighted by Crippen LogP contribution is 2.34. The number of amides is 1. The Kier molecular flexibility index (Phi) is 5.24. The minimum Gasteiger partial charge on any atom is -0.454 e. The van der Waals surface area contributed by atoms with Crippen molar-refractivity contribution in [2.24, 2.45) is 5.41 Å². The van der Waals surface area contributed by atoms with Crippen LogP contribution in [0, 0.1) is 5.41 Å². The Balaban J connectivity index is 2.03. The summed E-state index contributed by atoms with van der Waals surface area (Å²) in [4.78, 5) is 12.3. The third kappa shape index (κ3) is 3.67. The Morgan fingerprint density at radius 2 is 2.09 bits per heavy atom. The second kappa shape index (κ2) is 6.79. The number of aliphatic hydroxyl groups is 1. The van der Waals surface area contributed by atoms with Crippen LogP contribution in [0.4, 0.5) is 0 Å². The van der Waals surface area contributed by atoms with Gasteiger partial charge in [0.15, 0.2) is 11.5 Å². The number of nitrogens with one attached hydrogen (secondary N) is 1. The Labute approximate surface area is 135 Å². The maximum atomic E-state index is 12.3. The van der Waals surface area contributed by atoms with E-state index in [1.807, 2.05) is 20.1 Å². The van der Waals surface area contributed by atoms with Gasteiger partial charge in [-0.3, -0.25) is 4.79 Å². The molecule has 0 bridgehead atoms. The first kappa shape index (κ1) is 17.0. The zero-order valence-electron chi connectivity index (χ0n) is 13.4. The average Bonchev–Trinajstić information content (AvgIpc) is 2.93. The normalized spacial score (nSPS) is 16.2. The van der Waals surface area contributed by atoms with Crippen molar-refractivity contribution < 1.29 is 19.4 Å². The predicted molar refractivity (Wildman–Crippen MR) is 87.3 cm³/mol. The van der Waals surface area contributed by atoms with Crippen LogP contribution >= 0.6 is 11.8 Å². The molecule has 1 amide bonds. The number of rotatable bonds is 6. The van der Waals surface area contributed by atoms with Gasteiger partial charge in [0, 0.05) is 5.75 Å². The zero-order chi connectivity index (χ0) is 16.3. The van der Waals surface area contributed by atoms with Crippen LogP contribution in [0.1, 0.15) is 32.4 Å². The first-order valence-corrected chi connectivity index (χ1v) is 8.62. The summed E-state index contributed by atoms with van der Waals surface area (Å²) in [5, 5.41) is 13.3. The highest BCUT2D eigenvalue weighted by Gasteiger charge is 2.30. The molecule has 1 aliphatic heterocycles. The van der Waals surface area contributed by atoms with Gasteiger partial charge in [-0.05, 0) is 30.9 Å². The second-order valence-corrected chi connectivity index (χ2v) is 7.00. The first-order valence-electron chi connectivity index (χ1n) is 7.22. The van der Waals surface area contributed by atoms with E-state index >= 15 is 0 Å². The van der Waals surface area contributed by atoms with Crippen LogP contribution in [0.15, 0.2) is 18.2 Å². The Bertz CT molecular complexity index is 547. The van der Waals surface area contributed by atoms with Crippen LogP contribution in [0.5, 0.6) is 11.5 Å². The number of ether oxygens (including phenoxy) is 2. The lowest BCUT2D eigenvalue weighted by Crippen LogP contribution is -2.45. The van der Waals surface area contributed by atoms with E-state index in [0.29, 0.717) is 17.1 Å². The molecule has 122 valence electrons. The molecule has 1 aromatic carbocycles. The molecule has 0 aromatic heterocycles. The summed E-state index contributed by atoms with van der Waals surface area (Å²) in [6.07, 6.45) is 1.17. The van der Waals surface area contributed by atoms with Gasteiger partial charge >= 0.3 is 0 Å². The van der Waals surface area contributed by atoms with E-state index in [9.17, 15) is 9.90 Å². The topological polar surface area (TPSA) is 67.8 Å². The fraction of sp³-hybridized carbons (Fsp3) is 0.562. The monoisotopic (exact) mass is 325 g/mol. The van der Waals surface area contributed by atoms with E-state index in [-0.39, 0.29) is 12.7 Å². The molecule has 0 spiro atoms. The van der Waals surface area contributed by atoms with Gasteiger partial charge < -0.3 is 19.9 Å². The summed E-state index contributed by atoms with van der Waals surface area (Å²) in [7, 11) is 0. The van der Waals surface area contributed by atoms with Crippen molar-refractivity contribution in [1.29, 1.82) is 0 Å². The number of carbonyl (C=O) groups excluding carboxylic acids is 1. The minimum absolute atomic E-state index is 0.0610. The van der Waals surface area contributed by atoms with Crippen molar-refractivity contribution in [3.63, 3.8) is 0 Å². The largest absolute Gasteiger partial charge is 0.454 e. The van der Waals surface area contributed by atoms with Gasteiger partial charge in [0.25, 0.3) is 0 Å². The Morgan fingerprint density at radius 3 is 2.77 bits per heavy atom. The van der Waals surface area contributed by atoms with E-state index in [1.54, 1.807) is 36.9 Å². The van der Waals surface area contributed by atoms with E-state index in [2.05, 4.69) is 5.32 Å². The lowest BCUT2D eigenvalue weighted by atomic mass is 9.94. The van der Waals surface area contributed by atoms with E-state index in [4.69, 9.17) is 9.47 Å². The summed E-state index contributed by atoms with van der Waals surface area (Å²) in [6, 6.07) is 4.91. The smallest absolute Gasteiger partial charge is 0.231 e. The maximum absolute atomic E-state index is 12.3. The van der Waals surface area contributed by atoms with Gasteiger partial charge in [0.1, 0.15) is 0 Å². The third-order valence-electron chi connectivity index (χ3n) is 3.69. The van der Waals surface area contributed by atoms with Crippen LogP contribution in [0.2, 0.25) is 0 Å². The second-order valence-electron chi connectivity index (χ2n) is 6.14. The van der Waals surface area contributed by atoms with Gasteiger partial charge in [-0.2, -0.15) is 11.8 Å². The van der Waals surface area contributed by atoms with Crippen LogP contribution in [0.25, 0.3) is 0 Å². The number of hydrogen-bond acceptors (Lipinski definition) is 5. The van der Waals surface area contributed by atoms with Crippen molar-refractivity contribution in [3.05, 3.63) is 23.8 Å². The van der Waals surface area contributed by atoms with Crippen molar-refractivity contribution >= 4 is 17.7 Å². The summed E-state index contributed by atoms with van der Waals surface area (Å²) < 4.78 is 10.6. The predicted octanol–water partition coefficient (Wildman–Crippen LogP) is 2.34. The number of fused-ring (bicyclic) bond motifs is 1. The maximum Gasteiger partial charge on any atom is 0.231 e. The molecule has 22 heavy (non-hydrogen) atoms. The molecule has 2 rings (SSSR count). The molecule has 5 nitrogen and oxygen atoms in total. The van der Waals surface area contributed by atoms with E-state index < -0.39 is 17.6 Å². The van der Waals surface area contributed by atoms with Crippen LogP contribution in [0.3, 0.4) is 0 Å². The molecular weight excluding hydrogens is 302 g/mol. The number of carbonyl (C=O) groups is 1. The molecule has 1 heterocycles. The molecule has 6 heteroatoms. The lowest BCUT2D eigenvalue weighted by molar-refractivity contribution is -0.129. The summed E-state index contributed by atoms with van der Waals surface area (Å²) in [5.74, 6) is 1.96. The SMILES string of the molecule is CSCC(C)(C)C(=O)N[C@@H](C)[C@H](O)c1ccc2c(c1)OCO2. The molecule has 0 radical (unpaired) electrons. The van der Waals surface area contributed by atoms with Gasteiger partial charge in [-0.25, -0.2) is 0 Å². The van der Waals surface area contributed by atoms with Gasteiger partial charge in [-0.15, -0.1) is 0 Å². The van der Waals surface area contributed by atoms with Crippen molar-refractivity contribution in [2.75, 3.05) is 18.8 Å². The molecule has 0 saturated heterocycles. The Morgan fingerprint density at radius 1 is 1.41 bits per heavy atom. The molecule has 2 N–H and O–H groups in total. The standard InChI is InChI=1S/C16H23NO4S/c1-10(17-15(19)16(2,3)8-22-4)14(18)11-5-6-12-13(7-11)21-9-20-12/h5-7,10,14,18H,8-9H2,1-4H3,(H,17,19)/t10-,14-/m0/s1. The van der Waals surface area contributed by atoms with Crippen LogP contribution in [-0.4, -0.2) is 35.9 Å². The van der Waals surface area contributed by atoms with Crippen LogP contribution in [-0.2, 0) is 4.79 Å². The van der Waals surface area contributed by atoms with Crippen molar-refractivity contribution in [1.82, 2.24) is 5.32 Å². The molecule has 1 aromatic rings. The first-order chi connectivity index (χ1) is 10.3. The van der Waals surface area contributed by atoms with Crippen molar-refractivity contribution in [2.45, 2.75) is 32.9 Å². The van der Waals surface area contributed by atoms with Gasteiger partial charge in [0.2, 0.25) is 12.7 Å². The van der Waals surface area contributed by atoms with Crippen LogP contribution < -0.4 is 14.8 Å². The minimum atomic E-state index is -0.802. The van der Waals surface area contributed by atoms with Crippen molar-refractivity contribution in [3.8, 4) is 11.5 Å². The Hall–Kier alpha value is -1.40. The molecule has 0 aliphatic carbocycles. The summed E-state index contributed by atoms with van der Waals surface area (Å²) in [5.41, 5.74) is 0.224. The number of thioether (sulfide) groups is 1. The molecule has 0 saturated carbocycles. The molecule has 2 atom stereocenters. The summed E-state index contributed by atoms with van der Waals surface area (Å²) >= 11 is 1.63. The van der Waals surface area contributed by atoms with E-state index in [0.717, 1.165) is 5.75 Å². The quantitative estimate of drug-likeness (QED) is 0.840. The average molecular weight is 325 g/mol. The molecule has 0 fully saturated rings. The fourth-order valence-electron chi connectivity index (χ4n) is 2.29. The zero-order valence-corrected chi connectivity index (χ0v) is 14.2. The summed E-state index contributed by atoms with van der Waals surface area (Å²) in [6.45, 7) is 5.80. The highest BCUT2D eigenvalue weighted by molar-refractivity contribution is 7.98. The molecule has 0 unspecified atom stereocenters.